The lowest BCUT2D eigenvalue weighted by atomic mass is 10.1. The van der Waals surface area contributed by atoms with Gasteiger partial charge in [-0.25, -0.2) is 14.8 Å². The molecule has 0 bridgehead atoms. The molecule has 0 aliphatic rings. The molecule has 1 aromatic heterocycles. The molecule has 0 unspecified atom stereocenters. The van der Waals surface area contributed by atoms with E-state index >= 15 is 0 Å². The van der Waals surface area contributed by atoms with E-state index in [9.17, 15) is 9.59 Å². The number of hydrogen-bond acceptors (Lipinski definition) is 5. The van der Waals surface area contributed by atoms with Crippen molar-refractivity contribution < 1.29 is 14.3 Å². The van der Waals surface area contributed by atoms with E-state index in [0.717, 1.165) is 11.1 Å². The lowest BCUT2D eigenvalue weighted by molar-refractivity contribution is 0.0448. The van der Waals surface area contributed by atoms with E-state index in [1.54, 1.807) is 13.8 Å². The molecule has 1 N–H and O–H groups in total. The second-order valence-electron chi connectivity index (χ2n) is 6.86. The molecule has 1 amide bonds. The zero-order valence-corrected chi connectivity index (χ0v) is 16.1. The summed E-state index contributed by atoms with van der Waals surface area (Å²) < 4.78 is 5.25. The molecule has 2 aromatic rings. The highest BCUT2D eigenvalue weighted by atomic mass is 16.5. The van der Waals surface area contributed by atoms with Crippen molar-refractivity contribution in [2.24, 2.45) is 5.92 Å². The molecule has 1 aromatic carbocycles. The number of aryl methyl sites for hydroxylation is 4. The average molecular weight is 355 g/mol. The van der Waals surface area contributed by atoms with Gasteiger partial charge in [-0.3, -0.25) is 4.79 Å². The summed E-state index contributed by atoms with van der Waals surface area (Å²) >= 11 is 0. The maximum Gasteiger partial charge on any atom is 0.359 e. The highest BCUT2D eigenvalue weighted by Gasteiger charge is 2.24. The van der Waals surface area contributed by atoms with Crippen molar-refractivity contribution in [3.63, 3.8) is 0 Å². The van der Waals surface area contributed by atoms with Gasteiger partial charge < -0.3 is 10.1 Å². The summed E-state index contributed by atoms with van der Waals surface area (Å²) in [5.41, 5.74) is 3.72. The first-order valence-corrected chi connectivity index (χ1v) is 8.60. The summed E-state index contributed by atoms with van der Waals surface area (Å²) in [7, 11) is 0. The Hall–Kier alpha value is -2.76. The summed E-state index contributed by atoms with van der Waals surface area (Å²) in [5.74, 6) is -0.933. The molecule has 0 saturated carbocycles. The van der Waals surface area contributed by atoms with Crippen LogP contribution in [0.4, 0.5) is 5.69 Å². The molecule has 0 atom stereocenters. The predicted molar refractivity (Wildman–Crippen MR) is 100 cm³/mol. The third kappa shape index (κ3) is 4.65. The Morgan fingerprint density at radius 2 is 1.65 bits per heavy atom. The van der Waals surface area contributed by atoms with Crippen molar-refractivity contribution in [2.45, 2.75) is 41.5 Å². The first-order valence-electron chi connectivity index (χ1n) is 8.60. The number of nitrogens with one attached hydrogen (secondary N) is 1. The van der Waals surface area contributed by atoms with Crippen LogP contribution in [0.5, 0.6) is 0 Å². The number of rotatable bonds is 5. The number of carbonyl (C=O) groups is 2. The van der Waals surface area contributed by atoms with E-state index in [1.165, 1.54) is 0 Å². The Labute approximate surface area is 154 Å². The number of esters is 1. The molecule has 0 fully saturated rings. The predicted octanol–water partition coefficient (Wildman–Crippen LogP) is 3.78. The molecule has 138 valence electrons. The Morgan fingerprint density at radius 1 is 1.04 bits per heavy atom. The molecule has 0 spiro atoms. The van der Waals surface area contributed by atoms with Gasteiger partial charge in [-0.1, -0.05) is 26.0 Å². The van der Waals surface area contributed by atoms with Crippen molar-refractivity contribution in [1.82, 2.24) is 9.97 Å². The standard InChI is InChI=1S/C20H25N3O3/c1-11(2)10-26-20(25)18-17(21-14(5)15(6)22-18)19(24)23-16-9-12(3)7-8-13(16)4/h7-9,11H,10H2,1-6H3,(H,23,24). The van der Waals surface area contributed by atoms with Gasteiger partial charge in [-0.15, -0.1) is 0 Å². The third-order valence-corrected chi connectivity index (χ3v) is 3.90. The third-order valence-electron chi connectivity index (χ3n) is 3.90. The molecular formula is C20H25N3O3. The van der Waals surface area contributed by atoms with Gasteiger partial charge in [0.05, 0.1) is 18.0 Å². The van der Waals surface area contributed by atoms with Gasteiger partial charge in [-0.2, -0.15) is 0 Å². The van der Waals surface area contributed by atoms with Crippen LogP contribution in [-0.4, -0.2) is 28.5 Å². The van der Waals surface area contributed by atoms with Crippen LogP contribution < -0.4 is 5.32 Å². The molecule has 6 heteroatoms. The topological polar surface area (TPSA) is 81.2 Å². The molecule has 0 aliphatic heterocycles. The van der Waals surface area contributed by atoms with Crippen LogP contribution >= 0.6 is 0 Å². The minimum atomic E-state index is -0.639. The van der Waals surface area contributed by atoms with E-state index in [2.05, 4.69) is 15.3 Å². The van der Waals surface area contributed by atoms with Crippen molar-refractivity contribution in [3.8, 4) is 0 Å². The Bertz CT molecular complexity index is 844. The SMILES string of the molecule is Cc1ccc(C)c(NC(=O)c2nc(C)c(C)nc2C(=O)OCC(C)C)c1. The first-order chi connectivity index (χ1) is 12.2. The monoisotopic (exact) mass is 355 g/mol. The fourth-order valence-corrected chi connectivity index (χ4v) is 2.27. The van der Waals surface area contributed by atoms with Gasteiger partial charge in [0.25, 0.3) is 5.91 Å². The van der Waals surface area contributed by atoms with Crippen LogP contribution in [-0.2, 0) is 4.74 Å². The van der Waals surface area contributed by atoms with Crippen molar-refractivity contribution in [2.75, 3.05) is 11.9 Å². The van der Waals surface area contributed by atoms with E-state index < -0.39 is 11.9 Å². The quantitative estimate of drug-likeness (QED) is 0.826. The van der Waals surface area contributed by atoms with Gasteiger partial charge in [0.15, 0.2) is 11.4 Å². The van der Waals surface area contributed by atoms with E-state index in [4.69, 9.17) is 4.74 Å². The number of carbonyl (C=O) groups excluding carboxylic acids is 2. The largest absolute Gasteiger partial charge is 0.461 e. The lowest BCUT2D eigenvalue weighted by Gasteiger charge is -2.13. The molecule has 1 heterocycles. The molecule has 2 rings (SSSR count). The molecular weight excluding hydrogens is 330 g/mol. The van der Waals surface area contributed by atoms with Crippen LogP contribution in [0.3, 0.4) is 0 Å². The Kier molecular flexibility index (Phi) is 6.08. The first kappa shape index (κ1) is 19.6. The van der Waals surface area contributed by atoms with Crippen molar-refractivity contribution >= 4 is 17.6 Å². The normalized spacial score (nSPS) is 10.7. The van der Waals surface area contributed by atoms with Crippen LogP contribution in [0.2, 0.25) is 0 Å². The molecule has 0 radical (unpaired) electrons. The van der Waals surface area contributed by atoms with Gasteiger partial charge in [0, 0.05) is 5.69 Å². The highest BCUT2D eigenvalue weighted by Crippen LogP contribution is 2.18. The fraction of sp³-hybridized carbons (Fsp3) is 0.400. The number of ether oxygens (including phenoxy) is 1. The Balaban J connectivity index is 2.37. The van der Waals surface area contributed by atoms with Gasteiger partial charge in [-0.05, 0) is 50.8 Å². The molecule has 0 saturated heterocycles. The summed E-state index contributed by atoms with van der Waals surface area (Å²) in [6, 6.07) is 5.77. The van der Waals surface area contributed by atoms with Crippen molar-refractivity contribution in [3.05, 3.63) is 52.1 Å². The molecule has 0 aliphatic carbocycles. The molecule has 26 heavy (non-hydrogen) atoms. The summed E-state index contributed by atoms with van der Waals surface area (Å²) in [6.07, 6.45) is 0. The number of anilines is 1. The number of nitrogens with zero attached hydrogens (tertiary/aromatic N) is 2. The zero-order valence-electron chi connectivity index (χ0n) is 16.1. The number of aromatic nitrogens is 2. The smallest absolute Gasteiger partial charge is 0.359 e. The highest BCUT2D eigenvalue weighted by molar-refractivity contribution is 6.09. The maximum atomic E-state index is 12.8. The maximum absolute atomic E-state index is 12.8. The van der Waals surface area contributed by atoms with Crippen LogP contribution in [0.25, 0.3) is 0 Å². The van der Waals surface area contributed by atoms with Gasteiger partial charge in [0.1, 0.15) is 0 Å². The van der Waals surface area contributed by atoms with E-state index in [-0.39, 0.29) is 23.9 Å². The number of hydrogen-bond donors (Lipinski definition) is 1. The van der Waals surface area contributed by atoms with Gasteiger partial charge in [0.2, 0.25) is 0 Å². The lowest BCUT2D eigenvalue weighted by Crippen LogP contribution is -2.23. The van der Waals surface area contributed by atoms with Gasteiger partial charge >= 0.3 is 5.97 Å². The van der Waals surface area contributed by atoms with Crippen LogP contribution in [0, 0.1) is 33.6 Å². The zero-order chi connectivity index (χ0) is 19.4. The van der Waals surface area contributed by atoms with E-state index in [0.29, 0.717) is 17.1 Å². The van der Waals surface area contributed by atoms with E-state index in [1.807, 2.05) is 45.9 Å². The fourth-order valence-electron chi connectivity index (χ4n) is 2.27. The second-order valence-corrected chi connectivity index (χ2v) is 6.86. The van der Waals surface area contributed by atoms with Crippen LogP contribution in [0.1, 0.15) is 57.3 Å². The Morgan fingerprint density at radius 3 is 2.27 bits per heavy atom. The number of amides is 1. The minimum Gasteiger partial charge on any atom is -0.461 e. The van der Waals surface area contributed by atoms with Crippen LogP contribution in [0.15, 0.2) is 18.2 Å². The second kappa shape index (κ2) is 8.08. The summed E-state index contributed by atoms with van der Waals surface area (Å²) in [5, 5.41) is 2.82. The minimum absolute atomic E-state index is 0.0252. The average Bonchev–Trinajstić information content (AvgIpc) is 2.57. The number of benzene rings is 1. The molecule has 6 nitrogen and oxygen atoms in total. The van der Waals surface area contributed by atoms with Crippen molar-refractivity contribution in [1.29, 1.82) is 0 Å². The summed E-state index contributed by atoms with van der Waals surface area (Å²) in [6.45, 7) is 11.5. The summed E-state index contributed by atoms with van der Waals surface area (Å²) in [4.78, 5) is 33.7.